The van der Waals surface area contributed by atoms with Crippen LogP contribution in [0, 0.1) is 0 Å². The molecule has 8 heteroatoms. The van der Waals surface area contributed by atoms with E-state index in [0.717, 1.165) is 11.1 Å². The molecule has 0 aliphatic heterocycles. The van der Waals surface area contributed by atoms with E-state index in [2.05, 4.69) is 5.32 Å². The molecule has 0 aliphatic rings. The SMILES string of the molecule is COc1ccc(N(Cc2ccc(C(=O)NCCOCc3ccccc3)cc2)S(C)(=O)=O)cc1. The van der Waals surface area contributed by atoms with Crippen LogP contribution >= 0.6 is 0 Å². The summed E-state index contributed by atoms with van der Waals surface area (Å²) in [5.74, 6) is 0.438. The highest BCUT2D eigenvalue weighted by Crippen LogP contribution is 2.23. The molecule has 7 nitrogen and oxygen atoms in total. The number of carbonyl (C=O) groups is 1. The Hall–Kier alpha value is -3.36. The van der Waals surface area contributed by atoms with E-state index < -0.39 is 10.0 Å². The van der Waals surface area contributed by atoms with Gasteiger partial charge in [0, 0.05) is 12.1 Å². The number of nitrogens with one attached hydrogen (secondary N) is 1. The standard InChI is InChI=1S/C25H28N2O5S/c1-31-24-14-12-23(13-15-24)27(33(2,29)30)18-20-8-10-22(11-9-20)25(28)26-16-17-32-19-21-6-4-3-5-7-21/h3-15H,16-19H2,1-2H3,(H,26,28). The zero-order valence-corrected chi connectivity index (χ0v) is 19.5. The van der Waals surface area contributed by atoms with Crippen LogP contribution in [0.4, 0.5) is 5.69 Å². The van der Waals surface area contributed by atoms with Crippen LogP contribution in [0.15, 0.2) is 78.9 Å². The van der Waals surface area contributed by atoms with E-state index >= 15 is 0 Å². The Morgan fingerprint density at radius 3 is 2.18 bits per heavy atom. The minimum atomic E-state index is -3.50. The Bertz CT molecular complexity index is 1130. The molecule has 0 unspecified atom stereocenters. The first kappa shape index (κ1) is 24.3. The Morgan fingerprint density at radius 2 is 1.58 bits per heavy atom. The Labute approximate surface area is 195 Å². The van der Waals surface area contributed by atoms with Gasteiger partial charge in [0.2, 0.25) is 10.0 Å². The lowest BCUT2D eigenvalue weighted by Crippen LogP contribution is -2.29. The molecule has 1 amide bonds. The molecule has 0 radical (unpaired) electrons. The number of ether oxygens (including phenoxy) is 2. The molecule has 3 aromatic carbocycles. The fourth-order valence-corrected chi connectivity index (χ4v) is 4.07. The van der Waals surface area contributed by atoms with Crippen molar-refractivity contribution in [1.82, 2.24) is 5.32 Å². The quantitative estimate of drug-likeness (QED) is 0.435. The van der Waals surface area contributed by atoms with Crippen LogP contribution in [-0.4, -0.2) is 40.8 Å². The van der Waals surface area contributed by atoms with E-state index in [-0.39, 0.29) is 12.5 Å². The number of hydrogen-bond donors (Lipinski definition) is 1. The van der Waals surface area contributed by atoms with Crippen LogP contribution in [0.3, 0.4) is 0 Å². The van der Waals surface area contributed by atoms with Crippen molar-refractivity contribution in [1.29, 1.82) is 0 Å². The predicted octanol–water partition coefficient (Wildman–Crippen LogP) is 3.61. The predicted molar refractivity (Wildman–Crippen MR) is 129 cm³/mol. The lowest BCUT2D eigenvalue weighted by molar-refractivity contribution is 0.0901. The van der Waals surface area contributed by atoms with Crippen molar-refractivity contribution in [3.63, 3.8) is 0 Å². The van der Waals surface area contributed by atoms with Crippen molar-refractivity contribution < 1.29 is 22.7 Å². The second-order valence-electron chi connectivity index (χ2n) is 7.46. The maximum absolute atomic E-state index is 12.4. The summed E-state index contributed by atoms with van der Waals surface area (Å²) in [5.41, 5.74) is 2.88. The maximum atomic E-state index is 12.4. The second-order valence-corrected chi connectivity index (χ2v) is 9.37. The Balaban J connectivity index is 1.53. The van der Waals surface area contributed by atoms with E-state index in [4.69, 9.17) is 9.47 Å². The summed E-state index contributed by atoms with van der Waals surface area (Å²) < 4.78 is 36.7. The van der Waals surface area contributed by atoms with Crippen LogP contribution in [0.1, 0.15) is 21.5 Å². The number of anilines is 1. The number of carbonyl (C=O) groups excluding carboxylic acids is 1. The van der Waals surface area contributed by atoms with Gasteiger partial charge in [0.15, 0.2) is 0 Å². The van der Waals surface area contributed by atoms with Crippen molar-refractivity contribution >= 4 is 21.6 Å². The molecule has 0 saturated heterocycles. The normalized spacial score (nSPS) is 11.1. The Morgan fingerprint density at radius 1 is 0.909 bits per heavy atom. The molecule has 0 aliphatic carbocycles. The van der Waals surface area contributed by atoms with Gasteiger partial charge in [-0.25, -0.2) is 8.42 Å². The number of nitrogens with zero attached hydrogens (tertiary/aromatic N) is 1. The number of methoxy groups -OCH3 is 1. The number of benzene rings is 3. The van der Waals surface area contributed by atoms with Gasteiger partial charge in [-0.1, -0.05) is 42.5 Å². The number of rotatable bonds is 11. The summed E-state index contributed by atoms with van der Waals surface area (Å²) >= 11 is 0. The van der Waals surface area contributed by atoms with Crippen LogP contribution in [0.2, 0.25) is 0 Å². The van der Waals surface area contributed by atoms with Crippen molar-refractivity contribution in [2.24, 2.45) is 0 Å². The molecular weight excluding hydrogens is 440 g/mol. The lowest BCUT2D eigenvalue weighted by atomic mass is 10.1. The monoisotopic (exact) mass is 468 g/mol. The summed E-state index contributed by atoms with van der Waals surface area (Å²) in [6.45, 7) is 1.45. The van der Waals surface area contributed by atoms with Crippen LogP contribution < -0.4 is 14.4 Å². The van der Waals surface area contributed by atoms with E-state index in [1.165, 1.54) is 10.6 Å². The molecule has 0 saturated carbocycles. The summed E-state index contributed by atoms with van der Waals surface area (Å²) in [6, 6.07) is 23.5. The third kappa shape index (κ3) is 7.34. The lowest BCUT2D eigenvalue weighted by Gasteiger charge is -2.23. The summed E-state index contributed by atoms with van der Waals surface area (Å²) in [4.78, 5) is 12.4. The fourth-order valence-electron chi connectivity index (χ4n) is 3.18. The van der Waals surface area contributed by atoms with E-state index in [1.807, 2.05) is 30.3 Å². The van der Waals surface area contributed by atoms with E-state index in [1.54, 1.807) is 55.6 Å². The number of amides is 1. The summed E-state index contributed by atoms with van der Waals surface area (Å²) in [5, 5.41) is 2.82. The first-order chi connectivity index (χ1) is 15.9. The van der Waals surface area contributed by atoms with E-state index in [9.17, 15) is 13.2 Å². The minimum absolute atomic E-state index is 0.153. The van der Waals surface area contributed by atoms with Crippen molar-refractivity contribution in [3.8, 4) is 5.75 Å². The molecule has 0 atom stereocenters. The van der Waals surface area contributed by atoms with Gasteiger partial charge < -0.3 is 14.8 Å². The molecule has 0 fully saturated rings. The van der Waals surface area contributed by atoms with Crippen LogP contribution in [0.25, 0.3) is 0 Å². The molecule has 0 bridgehead atoms. The number of hydrogen-bond acceptors (Lipinski definition) is 5. The third-order valence-electron chi connectivity index (χ3n) is 4.95. The van der Waals surface area contributed by atoms with Gasteiger partial charge in [0.1, 0.15) is 5.75 Å². The maximum Gasteiger partial charge on any atom is 0.251 e. The molecule has 33 heavy (non-hydrogen) atoms. The molecule has 1 N–H and O–H groups in total. The molecule has 0 heterocycles. The molecular formula is C25H28N2O5S. The fraction of sp³-hybridized carbons (Fsp3) is 0.240. The molecule has 0 spiro atoms. The largest absolute Gasteiger partial charge is 0.497 e. The average Bonchev–Trinajstić information content (AvgIpc) is 2.82. The highest BCUT2D eigenvalue weighted by molar-refractivity contribution is 7.92. The molecule has 0 aromatic heterocycles. The van der Waals surface area contributed by atoms with Crippen molar-refractivity contribution in [2.75, 3.05) is 30.8 Å². The van der Waals surface area contributed by atoms with Gasteiger partial charge in [-0.15, -0.1) is 0 Å². The topological polar surface area (TPSA) is 84.9 Å². The van der Waals surface area contributed by atoms with Gasteiger partial charge in [0.25, 0.3) is 5.91 Å². The average molecular weight is 469 g/mol. The van der Waals surface area contributed by atoms with Gasteiger partial charge in [-0.05, 0) is 47.5 Å². The third-order valence-corrected chi connectivity index (χ3v) is 6.09. The second kappa shape index (κ2) is 11.5. The van der Waals surface area contributed by atoms with Gasteiger partial charge in [0.05, 0.1) is 38.8 Å². The zero-order valence-electron chi connectivity index (χ0n) is 18.7. The molecule has 174 valence electrons. The number of sulfonamides is 1. The van der Waals surface area contributed by atoms with Gasteiger partial charge >= 0.3 is 0 Å². The molecule has 3 rings (SSSR count). The first-order valence-corrected chi connectivity index (χ1v) is 12.3. The van der Waals surface area contributed by atoms with Gasteiger partial charge in [-0.2, -0.15) is 0 Å². The van der Waals surface area contributed by atoms with Gasteiger partial charge in [-0.3, -0.25) is 9.10 Å². The zero-order chi connectivity index (χ0) is 23.7. The molecule has 3 aromatic rings. The van der Waals surface area contributed by atoms with Crippen LogP contribution in [-0.2, 0) is 27.9 Å². The Kier molecular flexibility index (Phi) is 8.46. The minimum Gasteiger partial charge on any atom is -0.497 e. The van der Waals surface area contributed by atoms with Crippen LogP contribution in [0.5, 0.6) is 5.75 Å². The highest BCUT2D eigenvalue weighted by Gasteiger charge is 2.18. The summed E-state index contributed by atoms with van der Waals surface area (Å²) in [7, 11) is -1.95. The highest BCUT2D eigenvalue weighted by atomic mass is 32.2. The smallest absolute Gasteiger partial charge is 0.251 e. The first-order valence-electron chi connectivity index (χ1n) is 10.5. The summed E-state index contributed by atoms with van der Waals surface area (Å²) in [6.07, 6.45) is 1.17. The van der Waals surface area contributed by atoms with Crippen molar-refractivity contribution in [3.05, 3.63) is 95.6 Å². The van der Waals surface area contributed by atoms with E-state index in [0.29, 0.717) is 36.8 Å². The van der Waals surface area contributed by atoms with Crippen molar-refractivity contribution in [2.45, 2.75) is 13.2 Å².